The summed E-state index contributed by atoms with van der Waals surface area (Å²) in [6.45, 7) is 1.20. The summed E-state index contributed by atoms with van der Waals surface area (Å²) in [5.74, 6) is 1.06. The summed E-state index contributed by atoms with van der Waals surface area (Å²) < 4.78 is 10.8. The van der Waals surface area contributed by atoms with Crippen LogP contribution in [-0.2, 0) is 4.79 Å². The Balaban J connectivity index is 1.78. The lowest BCUT2D eigenvalue weighted by atomic mass is 10.2. The number of carbonyl (C=O) groups is 1. The van der Waals surface area contributed by atoms with Crippen molar-refractivity contribution in [3.05, 3.63) is 53.1 Å². The summed E-state index contributed by atoms with van der Waals surface area (Å²) in [7, 11) is 3.36. The third-order valence-corrected chi connectivity index (χ3v) is 3.81. The van der Waals surface area contributed by atoms with E-state index in [2.05, 4.69) is 11.4 Å². The van der Waals surface area contributed by atoms with Crippen molar-refractivity contribution in [2.24, 2.45) is 0 Å². The summed E-state index contributed by atoms with van der Waals surface area (Å²) in [6.07, 6.45) is 0. The largest absolute Gasteiger partial charge is 0.495 e. The lowest BCUT2D eigenvalue weighted by Crippen LogP contribution is -2.33. The van der Waals surface area contributed by atoms with Gasteiger partial charge in [0.1, 0.15) is 18.1 Å². The fraction of sp³-hybridized carbons (Fsp3) is 0.263. The second kappa shape index (κ2) is 9.66. The molecule has 0 spiro atoms. The highest BCUT2D eigenvalue weighted by Gasteiger charge is 2.11. The zero-order valence-electron chi connectivity index (χ0n) is 14.7. The topological polar surface area (TPSA) is 74.6 Å². The molecule has 0 atom stereocenters. The quantitative estimate of drug-likeness (QED) is 0.769. The van der Waals surface area contributed by atoms with Crippen LogP contribution in [0, 0.1) is 11.3 Å². The maximum atomic E-state index is 12.2. The number of benzene rings is 2. The van der Waals surface area contributed by atoms with Gasteiger partial charge < -0.3 is 14.8 Å². The Bertz CT molecular complexity index is 788. The van der Waals surface area contributed by atoms with Gasteiger partial charge in [-0.3, -0.25) is 9.69 Å². The SMILES string of the molecule is COc1ccc(Cl)cc1NC(=O)CN(C)CCOc1ccc(C#N)cc1. The van der Waals surface area contributed by atoms with Crippen LogP contribution in [0.15, 0.2) is 42.5 Å². The Morgan fingerprint density at radius 2 is 2.00 bits per heavy atom. The van der Waals surface area contributed by atoms with Gasteiger partial charge in [-0.05, 0) is 49.5 Å². The van der Waals surface area contributed by atoms with Gasteiger partial charge in [0.15, 0.2) is 0 Å². The highest BCUT2D eigenvalue weighted by Crippen LogP contribution is 2.27. The van der Waals surface area contributed by atoms with Crippen molar-refractivity contribution in [1.29, 1.82) is 5.26 Å². The molecule has 0 saturated heterocycles. The standard InChI is InChI=1S/C19H20ClN3O3/c1-23(9-10-26-16-6-3-14(12-21)4-7-16)13-19(24)22-17-11-15(20)5-8-18(17)25-2/h3-8,11H,9-10,13H2,1-2H3,(H,22,24). The summed E-state index contributed by atoms with van der Waals surface area (Å²) in [5.41, 5.74) is 1.12. The number of nitriles is 1. The van der Waals surface area contributed by atoms with E-state index in [0.29, 0.717) is 40.9 Å². The van der Waals surface area contributed by atoms with Gasteiger partial charge in [0.25, 0.3) is 0 Å². The van der Waals surface area contributed by atoms with E-state index in [-0.39, 0.29) is 12.5 Å². The third-order valence-electron chi connectivity index (χ3n) is 3.57. The summed E-state index contributed by atoms with van der Waals surface area (Å²) >= 11 is 5.96. The number of nitrogens with one attached hydrogen (secondary N) is 1. The van der Waals surface area contributed by atoms with Gasteiger partial charge in [-0.1, -0.05) is 11.6 Å². The van der Waals surface area contributed by atoms with E-state index < -0.39 is 0 Å². The van der Waals surface area contributed by atoms with Crippen LogP contribution in [0.1, 0.15) is 5.56 Å². The number of amides is 1. The maximum absolute atomic E-state index is 12.2. The predicted molar refractivity (Wildman–Crippen MR) is 101 cm³/mol. The smallest absolute Gasteiger partial charge is 0.238 e. The van der Waals surface area contributed by atoms with E-state index in [4.69, 9.17) is 26.3 Å². The van der Waals surface area contributed by atoms with Gasteiger partial charge >= 0.3 is 0 Å². The number of rotatable bonds is 8. The first-order chi connectivity index (χ1) is 12.5. The molecule has 0 radical (unpaired) electrons. The van der Waals surface area contributed by atoms with E-state index in [1.54, 1.807) is 42.5 Å². The maximum Gasteiger partial charge on any atom is 0.238 e. The molecular formula is C19H20ClN3O3. The minimum absolute atomic E-state index is 0.175. The fourth-order valence-electron chi connectivity index (χ4n) is 2.24. The van der Waals surface area contributed by atoms with E-state index in [1.807, 2.05) is 11.9 Å². The van der Waals surface area contributed by atoms with Gasteiger partial charge in [0.05, 0.1) is 31.0 Å². The number of likely N-dealkylation sites (N-methyl/N-ethyl adjacent to an activating group) is 1. The highest BCUT2D eigenvalue weighted by atomic mass is 35.5. The van der Waals surface area contributed by atoms with Crippen molar-refractivity contribution in [3.63, 3.8) is 0 Å². The summed E-state index contributed by atoms with van der Waals surface area (Å²) in [4.78, 5) is 14.0. The number of hydrogen-bond acceptors (Lipinski definition) is 5. The Morgan fingerprint density at radius 1 is 1.27 bits per heavy atom. The Morgan fingerprint density at radius 3 is 2.65 bits per heavy atom. The van der Waals surface area contributed by atoms with Crippen LogP contribution in [0.25, 0.3) is 0 Å². The first kappa shape index (κ1) is 19.6. The van der Waals surface area contributed by atoms with Crippen LogP contribution in [-0.4, -0.2) is 44.7 Å². The van der Waals surface area contributed by atoms with Crippen LogP contribution >= 0.6 is 11.6 Å². The molecule has 0 aliphatic carbocycles. The molecule has 1 amide bonds. The Hall–Kier alpha value is -2.75. The van der Waals surface area contributed by atoms with Crippen LogP contribution in [0.5, 0.6) is 11.5 Å². The average molecular weight is 374 g/mol. The summed E-state index contributed by atoms with van der Waals surface area (Å²) in [6, 6.07) is 14.0. The first-order valence-electron chi connectivity index (χ1n) is 7.96. The molecule has 0 aliphatic heterocycles. The fourth-order valence-corrected chi connectivity index (χ4v) is 2.41. The average Bonchev–Trinajstić information content (AvgIpc) is 2.62. The van der Waals surface area contributed by atoms with Gasteiger partial charge in [-0.25, -0.2) is 0 Å². The normalized spacial score (nSPS) is 10.3. The number of ether oxygens (including phenoxy) is 2. The molecule has 0 aliphatic rings. The van der Waals surface area contributed by atoms with Crippen molar-refractivity contribution >= 4 is 23.2 Å². The molecule has 2 aromatic rings. The number of methoxy groups -OCH3 is 1. The molecule has 6 nitrogen and oxygen atoms in total. The molecule has 0 unspecified atom stereocenters. The molecule has 2 aromatic carbocycles. The molecule has 0 bridgehead atoms. The number of nitrogens with zero attached hydrogens (tertiary/aromatic N) is 2. The lowest BCUT2D eigenvalue weighted by molar-refractivity contribution is -0.117. The van der Waals surface area contributed by atoms with Crippen molar-refractivity contribution in [2.75, 3.05) is 39.2 Å². The highest BCUT2D eigenvalue weighted by molar-refractivity contribution is 6.31. The molecule has 0 saturated carbocycles. The zero-order chi connectivity index (χ0) is 18.9. The van der Waals surface area contributed by atoms with Gasteiger partial charge in [0, 0.05) is 11.6 Å². The lowest BCUT2D eigenvalue weighted by Gasteiger charge is -2.17. The Kier molecular flexibility index (Phi) is 7.27. The van der Waals surface area contributed by atoms with Crippen molar-refractivity contribution in [3.8, 4) is 17.6 Å². The molecule has 0 aromatic heterocycles. The summed E-state index contributed by atoms with van der Waals surface area (Å²) in [5, 5.41) is 12.1. The Labute approximate surface area is 157 Å². The van der Waals surface area contributed by atoms with E-state index in [9.17, 15) is 4.79 Å². The van der Waals surface area contributed by atoms with Crippen molar-refractivity contribution in [1.82, 2.24) is 4.90 Å². The zero-order valence-corrected chi connectivity index (χ0v) is 15.4. The second-order valence-electron chi connectivity index (χ2n) is 5.62. The van der Waals surface area contributed by atoms with E-state index in [1.165, 1.54) is 7.11 Å². The number of carbonyl (C=O) groups excluding carboxylic acids is 1. The first-order valence-corrected chi connectivity index (χ1v) is 8.34. The van der Waals surface area contributed by atoms with E-state index >= 15 is 0 Å². The predicted octanol–water partition coefficient (Wildman–Crippen LogP) is 3.17. The molecule has 26 heavy (non-hydrogen) atoms. The minimum Gasteiger partial charge on any atom is -0.495 e. The minimum atomic E-state index is -0.175. The van der Waals surface area contributed by atoms with Crippen LogP contribution in [0.3, 0.4) is 0 Å². The van der Waals surface area contributed by atoms with Gasteiger partial charge in [-0.15, -0.1) is 0 Å². The second-order valence-corrected chi connectivity index (χ2v) is 6.05. The number of hydrogen-bond donors (Lipinski definition) is 1. The van der Waals surface area contributed by atoms with Crippen LogP contribution in [0.2, 0.25) is 5.02 Å². The molecule has 0 fully saturated rings. The van der Waals surface area contributed by atoms with Gasteiger partial charge in [-0.2, -0.15) is 5.26 Å². The third kappa shape index (κ3) is 5.96. The molecule has 1 N–H and O–H groups in total. The van der Waals surface area contributed by atoms with Crippen molar-refractivity contribution in [2.45, 2.75) is 0 Å². The van der Waals surface area contributed by atoms with Gasteiger partial charge in [0.2, 0.25) is 5.91 Å². The number of halogens is 1. The van der Waals surface area contributed by atoms with Crippen molar-refractivity contribution < 1.29 is 14.3 Å². The molecule has 0 heterocycles. The molecule has 136 valence electrons. The van der Waals surface area contributed by atoms with E-state index in [0.717, 1.165) is 0 Å². The number of anilines is 1. The molecule has 2 rings (SSSR count). The molecule has 7 heteroatoms. The van der Waals surface area contributed by atoms with Crippen LogP contribution in [0.4, 0.5) is 5.69 Å². The molecular weight excluding hydrogens is 354 g/mol. The monoisotopic (exact) mass is 373 g/mol. The van der Waals surface area contributed by atoms with Crippen LogP contribution < -0.4 is 14.8 Å².